The second-order valence-electron chi connectivity index (χ2n) is 4.95. The van der Waals surface area contributed by atoms with Crippen molar-refractivity contribution in [1.29, 1.82) is 0 Å². The lowest BCUT2D eigenvalue weighted by atomic mass is 10.1. The molecule has 0 saturated carbocycles. The van der Waals surface area contributed by atoms with Gasteiger partial charge in [0.1, 0.15) is 6.29 Å². The molecular formula is C18H19BrOS. The van der Waals surface area contributed by atoms with Crippen molar-refractivity contribution in [3.8, 4) is 0 Å². The molecule has 0 amide bonds. The van der Waals surface area contributed by atoms with Gasteiger partial charge in [0.05, 0.1) is 0 Å². The van der Waals surface area contributed by atoms with E-state index >= 15 is 0 Å². The molecular weight excluding hydrogens is 344 g/mol. The van der Waals surface area contributed by atoms with Gasteiger partial charge in [0.2, 0.25) is 0 Å². The fourth-order valence-electron chi connectivity index (χ4n) is 2.14. The molecule has 0 unspecified atom stereocenters. The molecule has 2 aromatic carbocycles. The molecule has 0 aliphatic heterocycles. The van der Waals surface area contributed by atoms with Crippen LogP contribution in [-0.2, 0) is 6.42 Å². The highest BCUT2D eigenvalue weighted by atomic mass is 79.9. The number of aryl methyl sites for hydroxylation is 1. The predicted molar refractivity (Wildman–Crippen MR) is 94.3 cm³/mol. The van der Waals surface area contributed by atoms with Crippen LogP contribution in [0.25, 0.3) is 0 Å². The van der Waals surface area contributed by atoms with Gasteiger partial charge in [0.15, 0.2) is 0 Å². The number of carbonyl (C=O) groups excluding carboxylic acids is 1. The molecule has 0 saturated heterocycles. The first-order valence-electron chi connectivity index (χ1n) is 7.21. The van der Waals surface area contributed by atoms with Crippen molar-refractivity contribution in [3.63, 3.8) is 0 Å². The Kier molecular flexibility index (Phi) is 7.04. The van der Waals surface area contributed by atoms with E-state index in [2.05, 4.69) is 46.3 Å². The fourth-order valence-corrected chi connectivity index (χ4v) is 3.81. The van der Waals surface area contributed by atoms with Crippen LogP contribution in [0, 0.1) is 0 Å². The van der Waals surface area contributed by atoms with E-state index < -0.39 is 0 Å². The molecule has 0 bridgehead atoms. The lowest BCUT2D eigenvalue weighted by molar-refractivity contribution is 0.112. The lowest BCUT2D eigenvalue weighted by Crippen LogP contribution is -1.88. The van der Waals surface area contributed by atoms with Gasteiger partial charge in [-0.25, -0.2) is 0 Å². The molecule has 0 heterocycles. The van der Waals surface area contributed by atoms with Crippen LogP contribution >= 0.6 is 27.7 Å². The average molecular weight is 363 g/mol. The number of benzene rings is 2. The Bertz CT molecular complexity index is 569. The largest absolute Gasteiger partial charge is 0.298 e. The number of hydrogen-bond acceptors (Lipinski definition) is 2. The van der Waals surface area contributed by atoms with Crippen molar-refractivity contribution >= 4 is 34.0 Å². The van der Waals surface area contributed by atoms with Crippen molar-refractivity contribution < 1.29 is 4.79 Å². The average Bonchev–Trinajstić information content (AvgIpc) is 2.53. The summed E-state index contributed by atoms with van der Waals surface area (Å²) in [6.07, 6.45) is 5.77. The van der Waals surface area contributed by atoms with Gasteiger partial charge < -0.3 is 0 Å². The van der Waals surface area contributed by atoms with E-state index in [1.165, 1.54) is 36.1 Å². The van der Waals surface area contributed by atoms with Gasteiger partial charge in [0, 0.05) is 14.9 Å². The quantitative estimate of drug-likeness (QED) is 0.337. The van der Waals surface area contributed by atoms with Crippen LogP contribution < -0.4 is 0 Å². The van der Waals surface area contributed by atoms with Crippen molar-refractivity contribution in [2.24, 2.45) is 0 Å². The highest BCUT2D eigenvalue weighted by Gasteiger charge is 2.02. The molecule has 1 nitrogen and oxygen atoms in total. The Morgan fingerprint density at radius 1 is 1.00 bits per heavy atom. The molecule has 0 radical (unpaired) electrons. The minimum absolute atomic E-state index is 0.717. The van der Waals surface area contributed by atoms with Gasteiger partial charge >= 0.3 is 0 Å². The number of unbranched alkanes of at least 4 members (excludes halogenated alkanes) is 2. The molecule has 0 N–H and O–H groups in total. The van der Waals surface area contributed by atoms with Crippen molar-refractivity contribution in [3.05, 3.63) is 64.1 Å². The van der Waals surface area contributed by atoms with Gasteiger partial charge in [-0.05, 0) is 58.6 Å². The Hall–Kier alpha value is -1.06. The standard InChI is InChI=1S/C18H19BrOS/c19-17-13-16(14-20)10-11-18(17)21-12-6-2-5-9-15-7-3-1-4-8-15/h1,3-4,7-8,10-11,13-14H,2,5-6,9,12H2. The molecule has 0 aliphatic rings. The Morgan fingerprint density at radius 3 is 2.52 bits per heavy atom. The Balaban J connectivity index is 1.65. The topological polar surface area (TPSA) is 17.1 Å². The van der Waals surface area contributed by atoms with E-state index in [0.29, 0.717) is 5.56 Å². The van der Waals surface area contributed by atoms with Crippen LogP contribution in [0.5, 0.6) is 0 Å². The van der Waals surface area contributed by atoms with Crippen LogP contribution in [0.4, 0.5) is 0 Å². The molecule has 21 heavy (non-hydrogen) atoms. The molecule has 2 rings (SSSR count). The molecule has 2 aromatic rings. The monoisotopic (exact) mass is 362 g/mol. The summed E-state index contributed by atoms with van der Waals surface area (Å²) in [5.41, 5.74) is 2.14. The lowest BCUT2D eigenvalue weighted by Gasteiger charge is -2.05. The minimum atomic E-state index is 0.717. The smallest absolute Gasteiger partial charge is 0.150 e. The fraction of sp³-hybridized carbons (Fsp3) is 0.278. The van der Waals surface area contributed by atoms with Crippen LogP contribution in [0.15, 0.2) is 57.9 Å². The van der Waals surface area contributed by atoms with E-state index in [0.717, 1.165) is 16.5 Å². The summed E-state index contributed by atoms with van der Waals surface area (Å²) in [6.45, 7) is 0. The SMILES string of the molecule is O=Cc1ccc(SCCCCCc2ccccc2)c(Br)c1. The molecule has 0 aromatic heterocycles. The van der Waals surface area contributed by atoms with Crippen LogP contribution in [0.3, 0.4) is 0 Å². The van der Waals surface area contributed by atoms with E-state index in [1.54, 1.807) is 0 Å². The second kappa shape index (κ2) is 9.06. The van der Waals surface area contributed by atoms with Crippen molar-refractivity contribution in [1.82, 2.24) is 0 Å². The molecule has 0 atom stereocenters. The first-order valence-corrected chi connectivity index (χ1v) is 8.99. The maximum atomic E-state index is 10.7. The summed E-state index contributed by atoms with van der Waals surface area (Å²) in [5.74, 6) is 1.12. The van der Waals surface area contributed by atoms with Gasteiger partial charge in [-0.15, -0.1) is 11.8 Å². The highest BCUT2D eigenvalue weighted by Crippen LogP contribution is 2.29. The van der Waals surface area contributed by atoms with Crippen LogP contribution in [0.1, 0.15) is 35.2 Å². The summed E-state index contributed by atoms with van der Waals surface area (Å²) < 4.78 is 1.02. The third-order valence-electron chi connectivity index (χ3n) is 3.30. The summed E-state index contributed by atoms with van der Waals surface area (Å²) in [7, 11) is 0. The van der Waals surface area contributed by atoms with Crippen LogP contribution in [0.2, 0.25) is 0 Å². The Labute approximate surface area is 139 Å². The van der Waals surface area contributed by atoms with Gasteiger partial charge in [-0.1, -0.05) is 42.8 Å². The maximum absolute atomic E-state index is 10.7. The number of thioether (sulfide) groups is 1. The Morgan fingerprint density at radius 2 is 1.81 bits per heavy atom. The third-order valence-corrected chi connectivity index (χ3v) is 5.38. The number of rotatable bonds is 8. The normalized spacial score (nSPS) is 10.5. The molecule has 0 spiro atoms. The zero-order valence-electron chi connectivity index (χ0n) is 11.9. The van der Waals surface area contributed by atoms with Gasteiger partial charge in [-0.2, -0.15) is 0 Å². The van der Waals surface area contributed by atoms with Crippen molar-refractivity contribution in [2.45, 2.75) is 30.6 Å². The summed E-state index contributed by atoms with van der Waals surface area (Å²) in [6, 6.07) is 16.4. The van der Waals surface area contributed by atoms with E-state index in [4.69, 9.17) is 0 Å². The molecule has 110 valence electrons. The third kappa shape index (κ3) is 5.68. The highest BCUT2D eigenvalue weighted by molar-refractivity contribution is 9.10. The summed E-state index contributed by atoms with van der Waals surface area (Å²) in [4.78, 5) is 11.9. The maximum Gasteiger partial charge on any atom is 0.150 e. The zero-order chi connectivity index (χ0) is 14.9. The summed E-state index contributed by atoms with van der Waals surface area (Å²) >= 11 is 5.37. The van der Waals surface area contributed by atoms with Crippen LogP contribution in [-0.4, -0.2) is 12.0 Å². The van der Waals surface area contributed by atoms with E-state index in [9.17, 15) is 4.79 Å². The first kappa shape index (κ1) is 16.3. The number of halogens is 1. The van der Waals surface area contributed by atoms with Gasteiger partial charge in [0.25, 0.3) is 0 Å². The van der Waals surface area contributed by atoms with E-state index in [1.807, 2.05) is 30.0 Å². The van der Waals surface area contributed by atoms with Gasteiger partial charge in [-0.3, -0.25) is 4.79 Å². The second-order valence-corrected chi connectivity index (χ2v) is 6.94. The first-order chi connectivity index (χ1) is 10.3. The molecule has 3 heteroatoms. The molecule has 0 fully saturated rings. The number of hydrogen-bond donors (Lipinski definition) is 0. The number of carbonyl (C=O) groups is 1. The minimum Gasteiger partial charge on any atom is -0.298 e. The number of aldehydes is 1. The van der Waals surface area contributed by atoms with Crippen molar-refractivity contribution in [2.75, 3.05) is 5.75 Å². The summed E-state index contributed by atoms with van der Waals surface area (Å²) in [5, 5.41) is 0. The molecule has 0 aliphatic carbocycles. The predicted octanol–water partition coefficient (Wildman–Crippen LogP) is 5.77. The van der Waals surface area contributed by atoms with E-state index in [-0.39, 0.29) is 0 Å². The zero-order valence-corrected chi connectivity index (χ0v) is 14.3.